The lowest BCUT2D eigenvalue weighted by atomic mass is 9.76. The monoisotopic (exact) mass is 1210 g/mol. The summed E-state index contributed by atoms with van der Waals surface area (Å²) < 4.78 is 5.56. The third-order valence-electron chi connectivity index (χ3n) is 17.4. The van der Waals surface area contributed by atoms with E-state index in [0.29, 0.717) is 35.2 Å². The number of anilines is 3. The lowest BCUT2D eigenvalue weighted by molar-refractivity contribution is -0.849. The zero-order valence-electron chi connectivity index (χ0n) is 50.8. The molecule has 4 aliphatic heterocycles. The van der Waals surface area contributed by atoms with Crippen LogP contribution in [0, 0.1) is 17.2 Å². The van der Waals surface area contributed by atoms with Crippen molar-refractivity contribution in [2.24, 2.45) is 5.92 Å². The van der Waals surface area contributed by atoms with E-state index in [2.05, 4.69) is 94.7 Å². The number of para-hydroxylation sites is 1. The number of ether oxygens (including phenoxy) is 1. The van der Waals surface area contributed by atoms with Crippen LogP contribution in [-0.4, -0.2) is 88.0 Å². The Morgan fingerprint density at radius 2 is 1.49 bits per heavy atom. The molecule has 1 saturated heterocycles. The van der Waals surface area contributed by atoms with E-state index in [9.17, 15) is 39.4 Å². The summed E-state index contributed by atoms with van der Waals surface area (Å²) in [6.07, 6.45) is 16.7. The molecule has 0 aliphatic carbocycles. The molecule has 5 aromatic rings. The van der Waals surface area contributed by atoms with E-state index in [0.717, 1.165) is 85.4 Å². The number of carbonyl (C=O) groups excluding carboxylic acids is 3. The van der Waals surface area contributed by atoms with Crippen molar-refractivity contribution in [2.45, 2.75) is 116 Å². The molecule has 14 nitrogen and oxygen atoms in total. The first-order chi connectivity index (χ1) is 41.6. The van der Waals surface area contributed by atoms with Crippen molar-refractivity contribution in [3.63, 3.8) is 0 Å². The van der Waals surface area contributed by atoms with Crippen molar-refractivity contribution in [2.75, 3.05) is 47.5 Å². The lowest BCUT2D eigenvalue weighted by Crippen LogP contribution is -3.10. The number of carbonyl (C=O) groups is 5. The van der Waals surface area contributed by atoms with Gasteiger partial charge in [0.15, 0.2) is 0 Å². The summed E-state index contributed by atoms with van der Waals surface area (Å²) in [5, 5.41) is 32.7. The number of benzene rings is 5. The molecule has 0 radical (unpaired) electrons. The highest BCUT2D eigenvalue weighted by Gasteiger charge is 2.49. The minimum absolute atomic E-state index is 0.0632. The molecule has 2 amide bonds. The lowest BCUT2D eigenvalue weighted by Gasteiger charge is -2.31. The number of nitrogens with one attached hydrogen (secondary N) is 1. The number of carboxylic acids is 2. The normalized spacial score (nSPS) is 20.8. The Bertz CT molecular complexity index is 3760. The van der Waals surface area contributed by atoms with Gasteiger partial charge in [0.1, 0.15) is 22.6 Å². The Labute approximate surface area is 520 Å². The fourth-order valence-electron chi connectivity index (χ4n) is 12.9. The van der Waals surface area contributed by atoms with Crippen LogP contribution in [0.25, 0.3) is 10.8 Å². The fraction of sp³-hybridized carbons (Fsp3) is 0.338. The van der Waals surface area contributed by atoms with E-state index in [1.165, 1.54) is 10.5 Å². The third-order valence-corrected chi connectivity index (χ3v) is 18.8. The van der Waals surface area contributed by atoms with Gasteiger partial charge >= 0.3 is 17.9 Å². The number of hydrogen-bond acceptors (Lipinski definition) is 11. The number of amides is 2. The zero-order valence-corrected chi connectivity index (χ0v) is 52.5. The quantitative estimate of drug-likeness (QED) is 0.0185. The molecule has 87 heavy (non-hydrogen) atoms. The van der Waals surface area contributed by atoms with Gasteiger partial charge in [0.25, 0.3) is 5.91 Å². The summed E-state index contributed by atoms with van der Waals surface area (Å²) in [5.41, 5.74) is 8.26. The van der Waals surface area contributed by atoms with Crippen LogP contribution >= 0.6 is 24.0 Å². The average Bonchev–Trinajstić information content (AvgIpc) is 1.66. The summed E-state index contributed by atoms with van der Waals surface area (Å²) in [7, 11) is 0. The minimum Gasteiger partial charge on any atom is -0.481 e. The predicted octanol–water partition coefficient (Wildman–Crippen LogP) is 12.5. The number of thiocarbonyl (C=S) groups is 1. The Hall–Kier alpha value is -8.36. The van der Waals surface area contributed by atoms with Crippen molar-refractivity contribution in [1.82, 2.24) is 4.90 Å². The number of fused-ring (bicyclic) bond motifs is 5. The number of aliphatic carboxylic acids is 2. The summed E-state index contributed by atoms with van der Waals surface area (Å²) in [6, 6.07) is 38.1. The number of carboxylic acid groups (broad SMARTS) is 2. The Morgan fingerprint density at radius 3 is 2.22 bits per heavy atom. The second-order valence-corrected chi connectivity index (χ2v) is 26.0. The van der Waals surface area contributed by atoms with E-state index in [-0.39, 0.29) is 73.6 Å². The van der Waals surface area contributed by atoms with Crippen LogP contribution in [0.3, 0.4) is 0 Å². The number of nitrogens with zero attached hydrogens (tertiary/aromatic N) is 5. The maximum Gasteiger partial charge on any atom is 0.309 e. The van der Waals surface area contributed by atoms with E-state index < -0.39 is 28.2 Å². The van der Waals surface area contributed by atoms with Crippen molar-refractivity contribution in [1.29, 1.82) is 5.26 Å². The number of allylic oxidation sites excluding steroid dienone is 10. The molecule has 9 rings (SSSR count). The molecule has 450 valence electrons. The maximum absolute atomic E-state index is 14.9. The number of nitriles is 1. The smallest absolute Gasteiger partial charge is 0.309 e. The molecular weight excluding hydrogens is 1130 g/mol. The van der Waals surface area contributed by atoms with Crippen molar-refractivity contribution in [3.8, 4) is 6.07 Å². The van der Waals surface area contributed by atoms with Gasteiger partial charge in [0.2, 0.25) is 5.91 Å². The molecule has 5 aromatic carbocycles. The van der Waals surface area contributed by atoms with Gasteiger partial charge in [-0.25, -0.2) is 0 Å². The SMILES string of the molecule is CCOC(=O)CCN1\C(=C/C=C/C=C2/SC(=S)N(CC(=O)N(Cc3ccccc3)c3ccc4c(c3)C(C)(C)C(/C=C/C(C#N)=C/C=C3/N(CCC(=O)O)c5ccccc5C3(C)CCC(C)C)[NH+]4CCC(=O)O)C2=O)C(C)(C)c2c1ccc1ccccc21. The zero-order chi connectivity index (χ0) is 62.4. The van der Waals surface area contributed by atoms with Crippen molar-refractivity contribution >= 4 is 91.5 Å². The van der Waals surface area contributed by atoms with Gasteiger partial charge in [-0.3, -0.25) is 33.8 Å². The second kappa shape index (κ2) is 26.7. The Kier molecular flexibility index (Phi) is 19.4. The maximum atomic E-state index is 14.9. The number of quaternary nitrogens is 1. The number of hydrogen-bond donors (Lipinski definition) is 3. The highest BCUT2D eigenvalue weighted by molar-refractivity contribution is 8.26. The molecule has 16 heteroatoms. The van der Waals surface area contributed by atoms with Crippen molar-refractivity contribution in [3.05, 3.63) is 202 Å². The molecule has 4 heterocycles. The Morgan fingerprint density at radius 1 is 0.805 bits per heavy atom. The third kappa shape index (κ3) is 13.3. The molecular formula is C71H77N6O8S2+. The number of rotatable bonds is 23. The molecule has 3 unspecified atom stereocenters. The van der Waals surface area contributed by atoms with Crippen LogP contribution in [0.5, 0.6) is 0 Å². The fourth-order valence-corrected chi connectivity index (χ4v) is 14.1. The molecule has 0 bridgehead atoms. The predicted molar refractivity (Wildman–Crippen MR) is 350 cm³/mol. The molecule has 1 fully saturated rings. The topological polar surface area (TPSA) is 176 Å². The summed E-state index contributed by atoms with van der Waals surface area (Å²) in [4.78, 5) is 74.5. The Balaban J connectivity index is 0.981. The van der Waals surface area contributed by atoms with Crippen LogP contribution in [0.4, 0.5) is 22.7 Å². The van der Waals surface area contributed by atoms with E-state index in [4.69, 9.17) is 17.0 Å². The highest BCUT2D eigenvalue weighted by Crippen LogP contribution is 2.52. The van der Waals surface area contributed by atoms with Gasteiger partial charge in [0.05, 0.1) is 60.9 Å². The van der Waals surface area contributed by atoms with Gasteiger partial charge in [-0.2, -0.15) is 5.26 Å². The molecule has 0 saturated carbocycles. The van der Waals surface area contributed by atoms with Crippen LogP contribution in [-0.2, 0) is 51.5 Å². The highest BCUT2D eigenvalue weighted by atomic mass is 32.2. The largest absolute Gasteiger partial charge is 0.481 e. The van der Waals surface area contributed by atoms with E-state index >= 15 is 0 Å². The van der Waals surface area contributed by atoms with Crippen LogP contribution < -0.4 is 19.6 Å². The minimum atomic E-state index is -0.939. The molecule has 0 spiro atoms. The van der Waals surface area contributed by atoms with Crippen LogP contribution in [0.2, 0.25) is 0 Å². The van der Waals surface area contributed by atoms with Gasteiger partial charge in [-0.1, -0.05) is 143 Å². The van der Waals surface area contributed by atoms with E-state index in [1.54, 1.807) is 36.1 Å². The van der Waals surface area contributed by atoms with Gasteiger partial charge < -0.3 is 29.6 Å². The summed E-state index contributed by atoms with van der Waals surface area (Å²) >= 11 is 6.94. The molecule has 0 aromatic heterocycles. The standard InChI is InChI=1S/C71H76N6O8S2/c1-9-85-65(83)38-42-75-57-31-29-50-21-13-14-22-52(50)66(57)70(6,7)59(75)26-18-17-25-58-67(84)77(68(86)87-58)46-62(78)76(45-49-19-11-10-12-20-49)51-30-32-56-54(43-51)69(4,5)60(73(56)40-36-63(79)80)33-27-48(44-72)28-34-61-71(8,39-35-47(2)3)53-23-15-16-24-55(53)74(61)41-37-64(81)82/h10-34,43,47,60H,9,35-42,45-46H2,1-8H3,(H,79,80)(H,81,82)/p+1/b18-17+,33-27+,48-28-,58-25+,59-26-,61-34+. The second-order valence-electron chi connectivity index (χ2n) is 24.3. The first-order valence-corrected chi connectivity index (χ1v) is 31.1. The molecule has 3 atom stereocenters. The first kappa shape index (κ1) is 63.2. The van der Waals surface area contributed by atoms with Crippen molar-refractivity contribution < 1.29 is 43.8 Å². The van der Waals surface area contributed by atoms with E-state index in [1.807, 2.05) is 103 Å². The molecule has 3 N–H and O–H groups in total. The summed E-state index contributed by atoms with van der Waals surface area (Å²) in [6.45, 7) is 18.0. The number of thioether (sulfide) groups is 1. The molecule has 4 aliphatic rings. The van der Waals surface area contributed by atoms with Gasteiger partial charge in [-0.15, -0.1) is 0 Å². The van der Waals surface area contributed by atoms with Crippen LogP contribution in [0.1, 0.15) is 110 Å². The average molecular weight is 1210 g/mol. The first-order valence-electron chi connectivity index (χ1n) is 29.8. The van der Waals surface area contributed by atoms with Crippen LogP contribution in [0.15, 0.2) is 180 Å². The van der Waals surface area contributed by atoms with Gasteiger partial charge in [0, 0.05) is 64.0 Å². The summed E-state index contributed by atoms with van der Waals surface area (Å²) in [5.74, 6) is -2.42. The van der Waals surface area contributed by atoms with Gasteiger partial charge in [-0.05, 0) is 135 Å². The number of esters is 1.